The summed E-state index contributed by atoms with van der Waals surface area (Å²) < 4.78 is 11.8. The van der Waals surface area contributed by atoms with Crippen LogP contribution in [-0.4, -0.2) is 35.5 Å². The van der Waals surface area contributed by atoms with Crippen LogP contribution in [0.1, 0.15) is 38.8 Å². The van der Waals surface area contributed by atoms with Gasteiger partial charge in [-0.1, -0.05) is 60.7 Å². The molecule has 0 saturated carbocycles. The van der Waals surface area contributed by atoms with Gasteiger partial charge in [0.2, 0.25) is 0 Å². The van der Waals surface area contributed by atoms with E-state index < -0.39 is 5.97 Å². The average Bonchev–Trinajstić information content (AvgIpc) is 2.81. The van der Waals surface area contributed by atoms with E-state index in [1.165, 1.54) is 17.0 Å². The highest BCUT2D eigenvalue weighted by atomic mass is 16.5. The summed E-state index contributed by atoms with van der Waals surface area (Å²) in [6.45, 7) is 2.76. The first-order valence-corrected chi connectivity index (χ1v) is 9.99. The predicted molar refractivity (Wildman–Crippen MR) is 118 cm³/mol. The zero-order valence-corrected chi connectivity index (χ0v) is 17.6. The summed E-state index contributed by atoms with van der Waals surface area (Å²) in [6, 6.07) is 21.8. The summed E-state index contributed by atoms with van der Waals surface area (Å²) in [5.74, 6) is -1.06. The lowest BCUT2D eigenvalue weighted by atomic mass is 10.1. The molecule has 3 rings (SSSR count). The number of aromatic carboxylic acids is 1. The van der Waals surface area contributed by atoms with Gasteiger partial charge in [-0.3, -0.25) is 4.79 Å². The fourth-order valence-electron chi connectivity index (χ4n) is 2.95. The molecule has 0 heterocycles. The molecular formula is C25H25NO5. The first kappa shape index (κ1) is 21.9. The van der Waals surface area contributed by atoms with Crippen molar-refractivity contribution < 1.29 is 24.2 Å². The number of benzene rings is 3. The first-order valence-electron chi connectivity index (χ1n) is 9.99. The molecule has 0 atom stereocenters. The van der Waals surface area contributed by atoms with Gasteiger partial charge in [-0.15, -0.1) is 0 Å². The first-order chi connectivity index (χ1) is 15.0. The summed E-state index contributed by atoms with van der Waals surface area (Å²) in [4.78, 5) is 26.3. The topological polar surface area (TPSA) is 76.1 Å². The van der Waals surface area contributed by atoms with Crippen LogP contribution in [0.15, 0.2) is 72.8 Å². The van der Waals surface area contributed by atoms with E-state index in [0.717, 1.165) is 11.1 Å². The zero-order chi connectivity index (χ0) is 22.2. The molecule has 160 valence electrons. The number of amides is 1. The minimum Gasteiger partial charge on any atom is -0.488 e. The van der Waals surface area contributed by atoms with E-state index in [2.05, 4.69) is 0 Å². The zero-order valence-electron chi connectivity index (χ0n) is 17.6. The van der Waals surface area contributed by atoms with Crippen LogP contribution in [0, 0.1) is 0 Å². The van der Waals surface area contributed by atoms with E-state index in [9.17, 15) is 14.7 Å². The summed E-state index contributed by atoms with van der Waals surface area (Å²) in [5.41, 5.74) is 1.93. The number of carbonyl (C=O) groups is 2. The van der Waals surface area contributed by atoms with Gasteiger partial charge in [0.25, 0.3) is 5.91 Å². The second kappa shape index (κ2) is 10.3. The monoisotopic (exact) mass is 419 g/mol. The van der Waals surface area contributed by atoms with Crippen LogP contribution < -0.4 is 9.47 Å². The molecule has 0 radical (unpaired) electrons. The van der Waals surface area contributed by atoms with Gasteiger partial charge < -0.3 is 19.5 Å². The third-order valence-electron chi connectivity index (χ3n) is 4.84. The average molecular weight is 419 g/mol. The van der Waals surface area contributed by atoms with Gasteiger partial charge in [0.15, 0.2) is 0 Å². The fourth-order valence-corrected chi connectivity index (χ4v) is 2.95. The van der Waals surface area contributed by atoms with Gasteiger partial charge in [0.05, 0.1) is 5.56 Å². The second-order valence-corrected chi connectivity index (χ2v) is 7.02. The van der Waals surface area contributed by atoms with Gasteiger partial charge in [-0.25, -0.2) is 4.79 Å². The Morgan fingerprint density at radius 3 is 1.74 bits per heavy atom. The molecule has 6 nitrogen and oxygen atoms in total. The van der Waals surface area contributed by atoms with Crippen LogP contribution in [0.4, 0.5) is 0 Å². The highest BCUT2D eigenvalue weighted by molar-refractivity contribution is 6.01. The SMILES string of the molecule is CCN(C)C(=O)c1cc(C(=O)O)c(OCc2ccccc2)cc1OCc1ccccc1. The lowest BCUT2D eigenvalue weighted by Gasteiger charge is -2.20. The quantitative estimate of drug-likeness (QED) is 0.547. The number of carboxylic acids is 1. The molecule has 3 aromatic rings. The maximum Gasteiger partial charge on any atom is 0.339 e. The van der Waals surface area contributed by atoms with Crippen molar-refractivity contribution in [2.24, 2.45) is 0 Å². The maximum absolute atomic E-state index is 12.9. The van der Waals surface area contributed by atoms with Crippen molar-refractivity contribution in [3.63, 3.8) is 0 Å². The van der Waals surface area contributed by atoms with E-state index in [4.69, 9.17) is 9.47 Å². The lowest BCUT2D eigenvalue weighted by molar-refractivity contribution is 0.0691. The third kappa shape index (κ3) is 5.63. The number of rotatable bonds is 9. The van der Waals surface area contributed by atoms with E-state index in [-0.39, 0.29) is 41.7 Å². The number of carboxylic acid groups (broad SMARTS) is 1. The van der Waals surface area contributed by atoms with Gasteiger partial charge in [-0.2, -0.15) is 0 Å². The molecule has 0 aromatic heterocycles. The summed E-state index contributed by atoms with van der Waals surface area (Å²) in [6.07, 6.45) is 0. The van der Waals surface area contributed by atoms with Crippen LogP contribution in [0.5, 0.6) is 11.5 Å². The predicted octanol–water partition coefficient (Wildman–Crippen LogP) is 4.63. The van der Waals surface area contributed by atoms with Gasteiger partial charge in [0.1, 0.15) is 30.3 Å². The summed E-state index contributed by atoms with van der Waals surface area (Å²) in [7, 11) is 1.66. The van der Waals surface area contributed by atoms with Gasteiger partial charge in [-0.05, 0) is 24.1 Å². The molecule has 0 bridgehead atoms. The van der Waals surface area contributed by atoms with E-state index >= 15 is 0 Å². The van der Waals surface area contributed by atoms with Crippen LogP contribution in [0.2, 0.25) is 0 Å². The Hall–Kier alpha value is -3.80. The minimum absolute atomic E-state index is 0.0872. The molecule has 3 aromatic carbocycles. The fraction of sp³-hybridized carbons (Fsp3) is 0.200. The Labute approximate surface area is 181 Å². The van der Waals surface area contributed by atoms with Gasteiger partial charge >= 0.3 is 5.97 Å². The smallest absolute Gasteiger partial charge is 0.339 e. The number of hydrogen-bond acceptors (Lipinski definition) is 4. The van der Waals surface area contributed by atoms with E-state index in [1.54, 1.807) is 7.05 Å². The van der Waals surface area contributed by atoms with Crippen LogP contribution in [0.25, 0.3) is 0 Å². The number of hydrogen-bond donors (Lipinski definition) is 1. The Kier molecular flexibility index (Phi) is 7.27. The molecule has 0 aliphatic heterocycles. The van der Waals surface area contributed by atoms with Crippen molar-refractivity contribution in [1.29, 1.82) is 0 Å². The summed E-state index contributed by atoms with van der Waals surface area (Å²) >= 11 is 0. The van der Waals surface area contributed by atoms with Crippen molar-refractivity contribution in [3.8, 4) is 11.5 Å². The second-order valence-electron chi connectivity index (χ2n) is 7.02. The van der Waals surface area contributed by atoms with Crippen molar-refractivity contribution in [2.45, 2.75) is 20.1 Å². The van der Waals surface area contributed by atoms with E-state index in [1.807, 2.05) is 67.6 Å². The Morgan fingerprint density at radius 1 is 0.806 bits per heavy atom. The molecule has 1 N–H and O–H groups in total. The van der Waals surface area contributed by atoms with Crippen molar-refractivity contribution in [2.75, 3.05) is 13.6 Å². The van der Waals surface area contributed by atoms with Crippen molar-refractivity contribution in [1.82, 2.24) is 4.90 Å². The normalized spacial score (nSPS) is 10.4. The minimum atomic E-state index is -1.18. The molecule has 0 fully saturated rings. The lowest BCUT2D eigenvalue weighted by Crippen LogP contribution is -2.27. The number of ether oxygens (including phenoxy) is 2. The highest BCUT2D eigenvalue weighted by Gasteiger charge is 2.23. The number of nitrogens with zero attached hydrogens (tertiary/aromatic N) is 1. The molecule has 0 aliphatic carbocycles. The van der Waals surface area contributed by atoms with Crippen molar-refractivity contribution >= 4 is 11.9 Å². The Bertz CT molecular complexity index is 1030. The molecule has 0 spiro atoms. The molecule has 0 unspecified atom stereocenters. The molecular weight excluding hydrogens is 394 g/mol. The van der Waals surface area contributed by atoms with Crippen LogP contribution in [0.3, 0.4) is 0 Å². The molecule has 6 heteroatoms. The van der Waals surface area contributed by atoms with Crippen molar-refractivity contribution in [3.05, 3.63) is 95.1 Å². The van der Waals surface area contributed by atoms with E-state index in [0.29, 0.717) is 6.54 Å². The number of carbonyl (C=O) groups excluding carboxylic acids is 1. The molecule has 0 saturated heterocycles. The Balaban J connectivity index is 1.96. The van der Waals surface area contributed by atoms with Crippen LogP contribution >= 0.6 is 0 Å². The Morgan fingerprint density at radius 2 is 1.29 bits per heavy atom. The maximum atomic E-state index is 12.9. The largest absolute Gasteiger partial charge is 0.488 e. The summed E-state index contributed by atoms with van der Waals surface area (Å²) in [5, 5.41) is 9.72. The third-order valence-corrected chi connectivity index (χ3v) is 4.84. The standard InChI is InChI=1S/C25H25NO5/c1-3-26(2)24(27)20-14-21(25(28)29)23(31-17-19-12-8-5-9-13-19)15-22(20)30-16-18-10-6-4-7-11-18/h4-15H,3,16-17H2,1-2H3,(H,28,29). The molecule has 1 amide bonds. The molecule has 0 aliphatic rings. The van der Waals surface area contributed by atoms with Gasteiger partial charge in [0, 0.05) is 19.7 Å². The highest BCUT2D eigenvalue weighted by Crippen LogP contribution is 2.32. The van der Waals surface area contributed by atoms with Crippen LogP contribution in [-0.2, 0) is 13.2 Å². The molecule has 31 heavy (non-hydrogen) atoms.